The van der Waals surface area contributed by atoms with Crippen molar-refractivity contribution in [2.45, 2.75) is 13.8 Å². The Bertz CT molecular complexity index is 1020. The zero-order valence-corrected chi connectivity index (χ0v) is 18.0. The third kappa shape index (κ3) is 3.90. The van der Waals surface area contributed by atoms with Gasteiger partial charge in [-0.3, -0.25) is 9.59 Å². The van der Waals surface area contributed by atoms with Crippen molar-refractivity contribution in [3.8, 4) is 0 Å². The monoisotopic (exact) mass is 510 g/mol. The van der Waals surface area contributed by atoms with E-state index < -0.39 is 17.8 Å². The summed E-state index contributed by atoms with van der Waals surface area (Å²) >= 11 is 8.32. The summed E-state index contributed by atoms with van der Waals surface area (Å²) in [5.41, 5.74) is 1.99. The SMILES string of the molecule is CCOC(=O)c1cccc(NC2=C(Cl)C(=O)N(c3ccc(I)cc3C)C2=O)c1. The molecular formula is C20H16ClIN2O4. The topological polar surface area (TPSA) is 75.7 Å². The molecule has 2 aromatic carbocycles. The summed E-state index contributed by atoms with van der Waals surface area (Å²) in [4.78, 5) is 38.5. The Kier molecular flexibility index (Phi) is 6.04. The average molecular weight is 511 g/mol. The summed E-state index contributed by atoms with van der Waals surface area (Å²) in [6.45, 7) is 3.79. The van der Waals surface area contributed by atoms with Crippen LogP contribution in [0.1, 0.15) is 22.8 Å². The van der Waals surface area contributed by atoms with E-state index >= 15 is 0 Å². The van der Waals surface area contributed by atoms with Crippen LogP contribution in [0, 0.1) is 10.5 Å². The Morgan fingerprint density at radius 2 is 1.93 bits per heavy atom. The average Bonchev–Trinajstić information content (AvgIpc) is 2.86. The van der Waals surface area contributed by atoms with Crippen molar-refractivity contribution in [2.75, 3.05) is 16.8 Å². The Morgan fingerprint density at radius 1 is 1.18 bits per heavy atom. The van der Waals surface area contributed by atoms with Crippen molar-refractivity contribution in [1.29, 1.82) is 0 Å². The van der Waals surface area contributed by atoms with Gasteiger partial charge in [-0.05, 0) is 78.4 Å². The molecule has 6 nitrogen and oxygen atoms in total. The van der Waals surface area contributed by atoms with Gasteiger partial charge >= 0.3 is 5.97 Å². The summed E-state index contributed by atoms with van der Waals surface area (Å²) in [5, 5.41) is 2.66. The molecule has 2 aromatic rings. The fourth-order valence-electron chi connectivity index (χ4n) is 2.78. The van der Waals surface area contributed by atoms with Gasteiger partial charge in [0.15, 0.2) is 0 Å². The van der Waals surface area contributed by atoms with Crippen molar-refractivity contribution in [3.63, 3.8) is 0 Å². The molecule has 0 radical (unpaired) electrons. The number of aryl methyl sites for hydroxylation is 1. The van der Waals surface area contributed by atoms with Gasteiger partial charge in [0.2, 0.25) is 0 Å². The second-order valence-electron chi connectivity index (χ2n) is 5.99. The van der Waals surface area contributed by atoms with Crippen LogP contribution in [-0.2, 0) is 14.3 Å². The lowest BCUT2D eigenvalue weighted by molar-refractivity contribution is -0.120. The van der Waals surface area contributed by atoms with Crippen LogP contribution in [0.2, 0.25) is 0 Å². The van der Waals surface area contributed by atoms with Crippen LogP contribution in [0.15, 0.2) is 53.2 Å². The number of nitrogens with one attached hydrogen (secondary N) is 1. The Hall–Kier alpha value is -2.39. The molecule has 0 saturated carbocycles. The number of carbonyl (C=O) groups excluding carboxylic acids is 3. The first-order valence-corrected chi connectivity index (χ1v) is 9.88. The molecule has 1 heterocycles. The van der Waals surface area contributed by atoms with Crippen LogP contribution in [0.3, 0.4) is 0 Å². The molecule has 1 aliphatic heterocycles. The highest BCUT2D eigenvalue weighted by Gasteiger charge is 2.39. The molecule has 2 amide bonds. The van der Waals surface area contributed by atoms with Crippen molar-refractivity contribution < 1.29 is 19.1 Å². The predicted octanol–water partition coefficient (Wildman–Crippen LogP) is 4.21. The summed E-state index contributed by atoms with van der Waals surface area (Å²) in [6, 6.07) is 11.8. The van der Waals surface area contributed by atoms with E-state index in [4.69, 9.17) is 16.3 Å². The Balaban J connectivity index is 1.89. The van der Waals surface area contributed by atoms with Gasteiger partial charge in [0.1, 0.15) is 10.7 Å². The molecule has 1 N–H and O–H groups in total. The lowest BCUT2D eigenvalue weighted by Crippen LogP contribution is -2.32. The first kappa shape index (κ1) is 20.3. The van der Waals surface area contributed by atoms with E-state index in [-0.39, 0.29) is 17.3 Å². The number of ether oxygens (including phenoxy) is 1. The van der Waals surface area contributed by atoms with Crippen LogP contribution in [0.25, 0.3) is 0 Å². The molecule has 0 aliphatic carbocycles. The number of carbonyl (C=O) groups is 3. The summed E-state index contributed by atoms with van der Waals surface area (Å²) in [5.74, 6) is -1.63. The summed E-state index contributed by atoms with van der Waals surface area (Å²) in [6.07, 6.45) is 0. The first-order chi connectivity index (χ1) is 13.3. The van der Waals surface area contributed by atoms with E-state index in [1.807, 2.05) is 19.1 Å². The third-order valence-corrected chi connectivity index (χ3v) is 5.09. The van der Waals surface area contributed by atoms with Gasteiger partial charge in [0.25, 0.3) is 11.8 Å². The number of rotatable bonds is 5. The van der Waals surface area contributed by atoms with E-state index in [9.17, 15) is 14.4 Å². The molecule has 0 fully saturated rings. The van der Waals surface area contributed by atoms with Gasteiger partial charge in [-0.1, -0.05) is 17.7 Å². The number of hydrogen-bond donors (Lipinski definition) is 1. The predicted molar refractivity (Wildman–Crippen MR) is 115 cm³/mol. The smallest absolute Gasteiger partial charge is 0.338 e. The maximum atomic E-state index is 12.9. The van der Waals surface area contributed by atoms with Crippen molar-refractivity contribution in [2.24, 2.45) is 0 Å². The molecule has 0 bridgehead atoms. The molecule has 3 rings (SSSR count). The van der Waals surface area contributed by atoms with E-state index in [2.05, 4.69) is 27.9 Å². The number of anilines is 2. The highest BCUT2D eigenvalue weighted by atomic mass is 127. The quantitative estimate of drug-likeness (QED) is 0.371. The summed E-state index contributed by atoms with van der Waals surface area (Å²) in [7, 11) is 0. The van der Waals surface area contributed by atoms with Crippen LogP contribution in [0.5, 0.6) is 0 Å². The zero-order chi connectivity index (χ0) is 20.4. The molecule has 0 unspecified atom stereocenters. The molecular weight excluding hydrogens is 495 g/mol. The lowest BCUT2D eigenvalue weighted by atomic mass is 10.2. The normalized spacial score (nSPS) is 13.9. The van der Waals surface area contributed by atoms with E-state index in [1.165, 1.54) is 6.07 Å². The molecule has 0 spiro atoms. The molecule has 1 aliphatic rings. The molecule has 0 aromatic heterocycles. The van der Waals surface area contributed by atoms with Crippen molar-refractivity contribution >= 4 is 63.4 Å². The molecule has 144 valence electrons. The summed E-state index contributed by atoms with van der Waals surface area (Å²) < 4.78 is 5.97. The number of nitrogens with zero attached hydrogens (tertiary/aromatic N) is 1. The third-order valence-electron chi connectivity index (χ3n) is 4.07. The van der Waals surface area contributed by atoms with Crippen LogP contribution in [-0.4, -0.2) is 24.4 Å². The zero-order valence-electron chi connectivity index (χ0n) is 15.1. The van der Waals surface area contributed by atoms with Gasteiger partial charge in [0, 0.05) is 9.26 Å². The fourth-order valence-corrected chi connectivity index (χ4v) is 3.64. The standard InChI is InChI=1S/C20H16ClIN2O4/c1-3-28-20(27)12-5-4-6-14(10-12)23-17-16(21)18(25)24(19(17)26)15-8-7-13(22)9-11(15)2/h4-10,23H,3H2,1-2H3. The van der Waals surface area contributed by atoms with Crippen molar-refractivity contribution in [3.05, 3.63) is 67.9 Å². The maximum Gasteiger partial charge on any atom is 0.338 e. The number of hydrogen-bond acceptors (Lipinski definition) is 5. The number of halogens is 2. The largest absolute Gasteiger partial charge is 0.462 e. The van der Waals surface area contributed by atoms with E-state index in [0.717, 1.165) is 14.0 Å². The fraction of sp³-hybridized carbons (Fsp3) is 0.150. The van der Waals surface area contributed by atoms with Gasteiger partial charge < -0.3 is 10.1 Å². The maximum absolute atomic E-state index is 12.9. The van der Waals surface area contributed by atoms with Crippen LogP contribution < -0.4 is 10.2 Å². The minimum Gasteiger partial charge on any atom is -0.462 e. The Labute approximate surface area is 180 Å². The molecule has 0 saturated heterocycles. The van der Waals surface area contributed by atoms with Gasteiger partial charge in [-0.25, -0.2) is 9.69 Å². The van der Waals surface area contributed by atoms with Crippen LogP contribution >= 0.6 is 34.2 Å². The second kappa shape index (κ2) is 8.32. The van der Waals surface area contributed by atoms with Crippen LogP contribution in [0.4, 0.5) is 11.4 Å². The Morgan fingerprint density at radius 3 is 2.61 bits per heavy atom. The van der Waals surface area contributed by atoms with E-state index in [0.29, 0.717) is 16.9 Å². The minimum atomic E-state index is -0.597. The van der Waals surface area contributed by atoms with Gasteiger partial charge in [0.05, 0.1) is 17.9 Å². The number of amides is 2. The van der Waals surface area contributed by atoms with Crippen molar-refractivity contribution in [1.82, 2.24) is 0 Å². The minimum absolute atomic E-state index is 0.0365. The number of benzene rings is 2. The first-order valence-electron chi connectivity index (χ1n) is 8.42. The number of esters is 1. The highest BCUT2D eigenvalue weighted by Crippen LogP contribution is 2.32. The van der Waals surface area contributed by atoms with Gasteiger partial charge in [-0.15, -0.1) is 0 Å². The molecule has 0 atom stereocenters. The highest BCUT2D eigenvalue weighted by molar-refractivity contribution is 14.1. The lowest BCUT2D eigenvalue weighted by Gasteiger charge is -2.17. The van der Waals surface area contributed by atoms with Gasteiger partial charge in [-0.2, -0.15) is 0 Å². The van der Waals surface area contributed by atoms with E-state index in [1.54, 1.807) is 31.2 Å². The second-order valence-corrected chi connectivity index (χ2v) is 7.62. The molecule has 28 heavy (non-hydrogen) atoms. The molecule has 8 heteroatoms. The number of imide groups is 1.